The summed E-state index contributed by atoms with van der Waals surface area (Å²) >= 11 is 0. The molecule has 4 nitrogen and oxygen atoms in total. The van der Waals surface area contributed by atoms with E-state index >= 15 is 0 Å². The number of hydrogen-bond donors (Lipinski definition) is 1. The Hall–Kier alpha value is -2.72. The Labute approximate surface area is 166 Å². The van der Waals surface area contributed by atoms with Gasteiger partial charge in [0.25, 0.3) is 0 Å². The SMILES string of the molecule is Cc1nc2ccccc2c(C)c1CC(=O)NC1CCN(Cc2ccccc2)C1. The van der Waals surface area contributed by atoms with Crippen molar-refractivity contribution < 1.29 is 4.79 Å². The van der Waals surface area contributed by atoms with Crippen molar-refractivity contribution in [2.45, 2.75) is 39.3 Å². The second-order valence-corrected chi connectivity index (χ2v) is 7.77. The van der Waals surface area contributed by atoms with Crippen LogP contribution in [-0.2, 0) is 17.8 Å². The first-order valence-electron chi connectivity index (χ1n) is 10.0. The number of likely N-dealkylation sites (tertiary alicyclic amines) is 1. The lowest BCUT2D eigenvalue weighted by molar-refractivity contribution is -0.121. The Morgan fingerprint density at radius 2 is 1.86 bits per heavy atom. The quantitative estimate of drug-likeness (QED) is 0.740. The van der Waals surface area contributed by atoms with Crippen LogP contribution in [0.15, 0.2) is 54.6 Å². The highest BCUT2D eigenvalue weighted by Crippen LogP contribution is 2.23. The number of amides is 1. The van der Waals surface area contributed by atoms with E-state index in [4.69, 9.17) is 4.98 Å². The molecule has 1 saturated heterocycles. The lowest BCUT2D eigenvalue weighted by atomic mass is 9.99. The van der Waals surface area contributed by atoms with Gasteiger partial charge in [-0.05, 0) is 43.0 Å². The minimum atomic E-state index is 0.0924. The highest BCUT2D eigenvalue weighted by atomic mass is 16.1. The van der Waals surface area contributed by atoms with Crippen molar-refractivity contribution in [3.8, 4) is 0 Å². The average Bonchev–Trinajstić information content (AvgIpc) is 3.12. The first kappa shape index (κ1) is 18.6. The summed E-state index contributed by atoms with van der Waals surface area (Å²) in [5.74, 6) is 0.0924. The molecule has 28 heavy (non-hydrogen) atoms. The number of carbonyl (C=O) groups excluding carboxylic acids is 1. The Kier molecular flexibility index (Phi) is 5.40. The largest absolute Gasteiger partial charge is 0.352 e. The minimum absolute atomic E-state index is 0.0924. The zero-order valence-electron chi connectivity index (χ0n) is 16.6. The summed E-state index contributed by atoms with van der Waals surface area (Å²) in [5, 5.41) is 4.37. The first-order valence-corrected chi connectivity index (χ1v) is 10.0. The van der Waals surface area contributed by atoms with E-state index in [1.807, 2.05) is 31.2 Å². The molecule has 1 unspecified atom stereocenters. The number of benzene rings is 2. The van der Waals surface area contributed by atoms with Gasteiger partial charge in [0.05, 0.1) is 11.9 Å². The molecule has 4 rings (SSSR count). The number of fused-ring (bicyclic) bond motifs is 1. The summed E-state index contributed by atoms with van der Waals surface area (Å²) in [6, 6.07) is 18.9. The van der Waals surface area contributed by atoms with Gasteiger partial charge < -0.3 is 5.32 Å². The van der Waals surface area contributed by atoms with Crippen molar-refractivity contribution in [3.05, 3.63) is 77.0 Å². The molecule has 0 bridgehead atoms. The predicted molar refractivity (Wildman–Crippen MR) is 113 cm³/mol. The maximum Gasteiger partial charge on any atom is 0.224 e. The average molecular weight is 374 g/mol. The molecule has 0 radical (unpaired) electrons. The standard InChI is InChI=1S/C24H27N3O/c1-17-21-10-6-7-11-23(21)25-18(2)22(17)14-24(28)26-20-12-13-27(16-20)15-19-8-4-3-5-9-19/h3-11,20H,12-16H2,1-2H3,(H,26,28). The van der Waals surface area contributed by atoms with E-state index in [9.17, 15) is 4.79 Å². The molecule has 3 aromatic rings. The predicted octanol–water partition coefficient (Wildman–Crippen LogP) is 3.78. The molecule has 1 atom stereocenters. The Bertz CT molecular complexity index is 984. The van der Waals surface area contributed by atoms with Crippen molar-refractivity contribution in [1.82, 2.24) is 15.2 Å². The van der Waals surface area contributed by atoms with E-state index in [1.165, 1.54) is 5.56 Å². The van der Waals surface area contributed by atoms with Crippen LogP contribution in [0.4, 0.5) is 0 Å². The van der Waals surface area contributed by atoms with Gasteiger partial charge in [-0.3, -0.25) is 14.7 Å². The van der Waals surface area contributed by atoms with Gasteiger partial charge in [-0.25, -0.2) is 0 Å². The summed E-state index contributed by atoms with van der Waals surface area (Å²) < 4.78 is 0. The fourth-order valence-electron chi connectivity index (χ4n) is 4.21. The van der Waals surface area contributed by atoms with Crippen LogP contribution in [-0.4, -0.2) is 34.9 Å². The number of hydrogen-bond acceptors (Lipinski definition) is 3. The van der Waals surface area contributed by atoms with E-state index in [0.717, 1.165) is 53.8 Å². The zero-order valence-corrected chi connectivity index (χ0v) is 16.6. The van der Waals surface area contributed by atoms with Crippen LogP contribution in [0.2, 0.25) is 0 Å². The molecule has 1 aromatic heterocycles. The molecule has 4 heteroatoms. The second kappa shape index (κ2) is 8.11. The van der Waals surface area contributed by atoms with Gasteiger partial charge in [-0.1, -0.05) is 48.5 Å². The molecule has 1 aliphatic rings. The van der Waals surface area contributed by atoms with Gasteiger partial charge in [0.15, 0.2) is 0 Å². The number of aryl methyl sites for hydroxylation is 2. The molecular formula is C24H27N3O. The van der Waals surface area contributed by atoms with Gasteiger partial charge in [-0.2, -0.15) is 0 Å². The lowest BCUT2D eigenvalue weighted by Crippen LogP contribution is -2.38. The maximum absolute atomic E-state index is 12.7. The summed E-state index contributed by atoms with van der Waals surface area (Å²) in [6.07, 6.45) is 1.40. The zero-order chi connectivity index (χ0) is 19.5. The third kappa shape index (κ3) is 4.07. The van der Waals surface area contributed by atoms with Crippen LogP contribution in [0.5, 0.6) is 0 Å². The highest BCUT2D eigenvalue weighted by molar-refractivity contribution is 5.86. The first-order chi connectivity index (χ1) is 13.6. The number of nitrogens with one attached hydrogen (secondary N) is 1. The molecule has 144 valence electrons. The molecule has 1 amide bonds. The fraction of sp³-hybridized carbons (Fsp3) is 0.333. The van der Waals surface area contributed by atoms with E-state index < -0.39 is 0 Å². The van der Waals surface area contributed by atoms with Crippen molar-refractivity contribution in [2.75, 3.05) is 13.1 Å². The number of rotatable bonds is 5. The van der Waals surface area contributed by atoms with Crippen LogP contribution in [0, 0.1) is 13.8 Å². The molecular weight excluding hydrogens is 346 g/mol. The lowest BCUT2D eigenvalue weighted by Gasteiger charge is -2.17. The summed E-state index contributed by atoms with van der Waals surface area (Å²) in [4.78, 5) is 19.8. The van der Waals surface area contributed by atoms with Crippen LogP contribution < -0.4 is 5.32 Å². The second-order valence-electron chi connectivity index (χ2n) is 7.77. The van der Waals surface area contributed by atoms with E-state index in [2.05, 4.69) is 47.5 Å². The number of carbonyl (C=O) groups is 1. The summed E-state index contributed by atoms with van der Waals surface area (Å²) in [5.41, 5.74) is 5.48. The molecule has 0 aliphatic carbocycles. The third-order valence-electron chi connectivity index (χ3n) is 5.71. The third-order valence-corrected chi connectivity index (χ3v) is 5.71. The van der Waals surface area contributed by atoms with Crippen molar-refractivity contribution >= 4 is 16.8 Å². The van der Waals surface area contributed by atoms with Crippen LogP contribution in [0.3, 0.4) is 0 Å². The van der Waals surface area contributed by atoms with Crippen molar-refractivity contribution in [2.24, 2.45) is 0 Å². The fourth-order valence-corrected chi connectivity index (χ4v) is 4.21. The van der Waals surface area contributed by atoms with Crippen LogP contribution in [0.1, 0.15) is 28.8 Å². The van der Waals surface area contributed by atoms with Crippen molar-refractivity contribution in [3.63, 3.8) is 0 Å². The topological polar surface area (TPSA) is 45.2 Å². The number of aromatic nitrogens is 1. The molecule has 0 spiro atoms. The molecule has 1 aliphatic heterocycles. The molecule has 0 saturated carbocycles. The van der Waals surface area contributed by atoms with E-state index in [1.54, 1.807) is 0 Å². The maximum atomic E-state index is 12.7. The molecule has 2 aromatic carbocycles. The number of pyridine rings is 1. The molecule has 1 N–H and O–H groups in total. The van der Waals surface area contributed by atoms with Crippen LogP contribution >= 0.6 is 0 Å². The summed E-state index contributed by atoms with van der Waals surface area (Å²) in [7, 11) is 0. The van der Waals surface area contributed by atoms with Gasteiger partial charge in [0.1, 0.15) is 0 Å². The highest BCUT2D eigenvalue weighted by Gasteiger charge is 2.24. The van der Waals surface area contributed by atoms with Crippen LogP contribution in [0.25, 0.3) is 10.9 Å². The Balaban J connectivity index is 1.38. The smallest absolute Gasteiger partial charge is 0.224 e. The molecule has 1 fully saturated rings. The Morgan fingerprint density at radius 1 is 1.11 bits per heavy atom. The van der Waals surface area contributed by atoms with Gasteiger partial charge in [-0.15, -0.1) is 0 Å². The minimum Gasteiger partial charge on any atom is -0.352 e. The van der Waals surface area contributed by atoms with Crippen molar-refractivity contribution in [1.29, 1.82) is 0 Å². The molecule has 2 heterocycles. The number of para-hydroxylation sites is 1. The van der Waals surface area contributed by atoms with E-state index in [-0.39, 0.29) is 11.9 Å². The summed E-state index contributed by atoms with van der Waals surface area (Å²) in [6.45, 7) is 6.97. The van der Waals surface area contributed by atoms with Gasteiger partial charge in [0, 0.05) is 36.8 Å². The monoisotopic (exact) mass is 373 g/mol. The van der Waals surface area contributed by atoms with E-state index in [0.29, 0.717) is 6.42 Å². The van der Waals surface area contributed by atoms with Gasteiger partial charge in [0.2, 0.25) is 5.91 Å². The van der Waals surface area contributed by atoms with Gasteiger partial charge >= 0.3 is 0 Å². The Morgan fingerprint density at radius 3 is 2.68 bits per heavy atom. The number of nitrogens with zero attached hydrogens (tertiary/aromatic N) is 2. The normalized spacial score (nSPS) is 17.1.